The summed E-state index contributed by atoms with van der Waals surface area (Å²) < 4.78 is 0. The highest BCUT2D eigenvalue weighted by molar-refractivity contribution is 5.69. The van der Waals surface area contributed by atoms with Crippen molar-refractivity contribution in [2.24, 2.45) is 5.41 Å². The Kier molecular flexibility index (Phi) is 2.46. The summed E-state index contributed by atoms with van der Waals surface area (Å²) in [6, 6.07) is 5.81. The van der Waals surface area contributed by atoms with Gasteiger partial charge in [0.25, 0.3) is 0 Å². The van der Waals surface area contributed by atoms with Gasteiger partial charge in [-0.2, -0.15) is 0 Å². The summed E-state index contributed by atoms with van der Waals surface area (Å²) in [7, 11) is 0. The first-order valence-electron chi connectivity index (χ1n) is 5.51. The lowest BCUT2D eigenvalue weighted by molar-refractivity contribution is -0.0510. The second-order valence-corrected chi connectivity index (χ2v) is 5.11. The zero-order valence-corrected chi connectivity index (χ0v) is 9.70. The second-order valence-electron chi connectivity index (χ2n) is 5.11. The Morgan fingerprint density at radius 2 is 2.00 bits per heavy atom. The van der Waals surface area contributed by atoms with Crippen LogP contribution in [0.4, 0.5) is 17.1 Å². The molecule has 2 atom stereocenters. The summed E-state index contributed by atoms with van der Waals surface area (Å²) in [4.78, 5) is 0. The van der Waals surface area contributed by atoms with Crippen molar-refractivity contribution >= 4 is 17.1 Å². The number of hydrogen-bond donors (Lipinski definition) is 4. The van der Waals surface area contributed by atoms with E-state index in [9.17, 15) is 5.11 Å². The fourth-order valence-corrected chi connectivity index (χ4v) is 2.01. The van der Waals surface area contributed by atoms with Gasteiger partial charge in [0.15, 0.2) is 0 Å². The molecule has 1 saturated carbocycles. The van der Waals surface area contributed by atoms with Crippen LogP contribution in [-0.2, 0) is 0 Å². The molecule has 1 fully saturated rings. The van der Waals surface area contributed by atoms with E-state index in [-0.39, 0.29) is 17.6 Å². The van der Waals surface area contributed by atoms with Crippen molar-refractivity contribution in [1.82, 2.24) is 0 Å². The zero-order valence-electron chi connectivity index (χ0n) is 9.70. The Balaban J connectivity index is 2.08. The van der Waals surface area contributed by atoms with Crippen LogP contribution in [0.3, 0.4) is 0 Å². The Labute approximate surface area is 95.6 Å². The average Bonchev–Trinajstić information content (AvgIpc) is 2.23. The van der Waals surface area contributed by atoms with E-state index in [0.29, 0.717) is 11.4 Å². The quantitative estimate of drug-likeness (QED) is 0.569. The number of aliphatic hydroxyl groups excluding tert-OH is 1. The van der Waals surface area contributed by atoms with Crippen LogP contribution in [0.15, 0.2) is 18.2 Å². The smallest absolute Gasteiger partial charge is 0.0630 e. The van der Waals surface area contributed by atoms with E-state index in [1.165, 1.54) is 0 Å². The standard InChI is InChI=1S/C12H19N3O/c1-12(2)10(6-11(12)16)15-7-3-4-8(13)9(14)5-7/h3-5,10-11,15-16H,6,13-14H2,1-2H3. The Morgan fingerprint density at radius 1 is 1.31 bits per heavy atom. The molecule has 1 aliphatic carbocycles. The Morgan fingerprint density at radius 3 is 2.50 bits per heavy atom. The summed E-state index contributed by atoms with van der Waals surface area (Å²) in [6.07, 6.45) is 0.549. The number of nitrogens with two attached hydrogens (primary N) is 2. The van der Waals surface area contributed by atoms with Crippen LogP contribution >= 0.6 is 0 Å². The van der Waals surface area contributed by atoms with Gasteiger partial charge in [-0.3, -0.25) is 0 Å². The topological polar surface area (TPSA) is 84.3 Å². The van der Waals surface area contributed by atoms with Crippen LogP contribution in [0.2, 0.25) is 0 Å². The van der Waals surface area contributed by atoms with Gasteiger partial charge in [-0.25, -0.2) is 0 Å². The molecule has 88 valence electrons. The molecule has 0 radical (unpaired) electrons. The first-order valence-corrected chi connectivity index (χ1v) is 5.51. The van der Waals surface area contributed by atoms with Crippen LogP contribution in [0, 0.1) is 5.41 Å². The summed E-state index contributed by atoms with van der Waals surface area (Å²) in [5.74, 6) is 0. The molecule has 0 aromatic heterocycles. The third kappa shape index (κ3) is 1.69. The lowest BCUT2D eigenvalue weighted by atomic mass is 9.64. The molecule has 4 nitrogen and oxygen atoms in total. The molecule has 0 spiro atoms. The number of anilines is 3. The fourth-order valence-electron chi connectivity index (χ4n) is 2.01. The molecular weight excluding hydrogens is 202 g/mol. The SMILES string of the molecule is CC1(C)C(O)CC1Nc1ccc(N)c(N)c1. The summed E-state index contributed by atoms with van der Waals surface area (Å²) >= 11 is 0. The van der Waals surface area contributed by atoms with Gasteiger partial charge in [-0.05, 0) is 24.6 Å². The molecular formula is C12H19N3O. The summed E-state index contributed by atoms with van der Waals surface area (Å²) in [6.45, 7) is 4.11. The largest absolute Gasteiger partial charge is 0.397 e. The van der Waals surface area contributed by atoms with Crippen molar-refractivity contribution in [2.45, 2.75) is 32.4 Å². The molecule has 0 heterocycles. The molecule has 1 aromatic rings. The Hall–Kier alpha value is -1.42. The van der Waals surface area contributed by atoms with Crippen LogP contribution in [0.1, 0.15) is 20.3 Å². The van der Waals surface area contributed by atoms with E-state index in [2.05, 4.69) is 19.2 Å². The highest BCUT2D eigenvalue weighted by Gasteiger charge is 2.47. The van der Waals surface area contributed by atoms with Gasteiger partial charge in [-0.1, -0.05) is 13.8 Å². The van der Waals surface area contributed by atoms with Crippen molar-refractivity contribution in [3.8, 4) is 0 Å². The number of nitrogens with one attached hydrogen (secondary N) is 1. The summed E-state index contributed by atoms with van der Waals surface area (Å²) in [5, 5.41) is 13.0. The molecule has 1 aliphatic rings. The van der Waals surface area contributed by atoms with E-state index >= 15 is 0 Å². The number of rotatable bonds is 2. The number of aliphatic hydroxyl groups is 1. The second kappa shape index (κ2) is 3.56. The number of nitrogen functional groups attached to an aromatic ring is 2. The molecule has 2 unspecified atom stereocenters. The molecule has 6 N–H and O–H groups in total. The minimum Gasteiger partial charge on any atom is -0.397 e. The molecule has 0 aliphatic heterocycles. The van der Waals surface area contributed by atoms with Gasteiger partial charge < -0.3 is 21.9 Å². The maximum atomic E-state index is 9.64. The third-order valence-corrected chi connectivity index (χ3v) is 3.64. The molecule has 0 bridgehead atoms. The first-order chi connectivity index (χ1) is 7.41. The highest BCUT2D eigenvalue weighted by Crippen LogP contribution is 2.42. The number of benzene rings is 1. The van der Waals surface area contributed by atoms with E-state index in [1.807, 2.05) is 12.1 Å². The molecule has 4 heteroatoms. The first kappa shape index (κ1) is 11.1. The summed E-state index contributed by atoms with van der Waals surface area (Å²) in [5.41, 5.74) is 13.4. The van der Waals surface area contributed by atoms with Crippen LogP contribution in [0.25, 0.3) is 0 Å². The van der Waals surface area contributed by atoms with Gasteiger partial charge in [0, 0.05) is 17.1 Å². The molecule has 16 heavy (non-hydrogen) atoms. The molecule has 0 saturated heterocycles. The van der Waals surface area contributed by atoms with Crippen molar-refractivity contribution in [1.29, 1.82) is 0 Å². The average molecular weight is 221 g/mol. The van der Waals surface area contributed by atoms with Gasteiger partial charge in [0.2, 0.25) is 0 Å². The van der Waals surface area contributed by atoms with Gasteiger partial charge in [0.05, 0.1) is 17.5 Å². The highest BCUT2D eigenvalue weighted by atomic mass is 16.3. The maximum Gasteiger partial charge on any atom is 0.0630 e. The predicted octanol–water partition coefficient (Wildman–Crippen LogP) is 1.42. The zero-order chi connectivity index (χ0) is 11.9. The van der Waals surface area contributed by atoms with E-state index in [0.717, 1.165) is 12.1 Å². The normalized spacial score (nSPS) is 27.2. The van der Waals surface area contributed by atoms with Crippen molar-refractivity contribution < 1.29 is 5.11 Å². The predicted molar refractivity (Wildman–Crippen MR) is 67.1 cm³/mol. The Bertz CT molecular complexity index is 403. The van der Waals surface area contributed by atoms with E-state index < -0.39 is 0 Å². The van der Waals surface area contributed by atoms with E-state index in [4.69, 9.17) is 11.5 Å². The third-order valence-electron chi connectivity index (χ3n) is 3.64. The van der Waals surface area contributed by atoms with E-state index in [1.54, 1.807) is 6.07 Å². The minimum absolute atomic E-state index is 0.0872. The molecule has 0 amide bonds. The molecule has 2 rings (SSSR count). The van der Waals surface area contributed by atoms with Crippen molar-refractivity contribution in [3.05, 3.63) is 18.2 Å². The van der Waals surface area contributed by atoms with Crippen LogP contribution < -0.4 is 16.8 Å². The maximum absolute atomic E-state index is 9.64. The van der Waals surface area contributed by atoms with Gasteiger partial charge in [-0.15, -0.1) is 0 Å². The van der Waals surface area contributed by atoms with Crippen molar-refractivity contribution in [3.63, 3.8) is 0 Å². The van der Waals surface area contributed by atoms with Gasteiger partial charge >= 0.3 is 0 Å². The van der Waals surface area contributed by atoms with Crippen molar-refractivity contribution in [2.75, 3.05) is 16.8 Å². The molecule has 1 aromatic carbocycles. The lowest BCUT2D eigenvalue weighted by Gasteiger charge is -2.49. The minimum atomic E-state index is -0.226. The fraction of sp³-hybridized carbons (Fsp3) is 0.500. The van der Waals surface area contributed by atoms with Crippen LogP contribution in [0.5, 0.6) is 0 Å². The lowest BCUT2D eigenvalue weighted by Crippen LogP contribution is -2.56. The monoisotopic (exact) mass is 221 g/mol. The van der Waals surface area contributed by atoms with Gasteiger partial charge in [0.1, 0.15) is 0 Å². The number of hydrogen-bond acceptors (Lipinski definition) is 4. The van der Waals surface area contributed by atoms with Crippen LogP contribution in [-0.4, -0.2) is 17.3 Å².